The smallest absolute Gasteiger partial charge is 0.411 e. The Morgan fingerprint density at radius 3 is 2.50 bits per heavy atom. The van der Waals surface area contributed by atoms with Gasteiger partial charge in [-0.1, -0.05) is 0 Å². The average Bonchev–Trinajstić information content (AvgIpc) is 2.14. The van der Waals surface area contributed by atoms with E-state index >= 15 is 0 Å². The van der Waals surface area contributed by atoms with Gasteiger partial charge in [-0.25, -0.2) is 4.79 Å². The molecule has 0 aromatic rings. The van der Waals surface area contributed by atoms with Crippen molar-refractivity contribution in [2.75, 3.05) is 0 Å². The second-order valence-electron chi connectivity index (χ2n) is 5.37. The molecule has 0 aliphatic carbocycles. The Morgan fingerprint density at radius 2 is 2.00 bits per heavy atom. The Bertz CT molecular complexity index is 270. The molecule has 1 rings (SSSR count). The molecule has 92 valence electrons. The van der Waals surface area contributed by atoms with Crippen molar-refractivity contribution < 1.29 is 14.3 Å². The molecule has 0 spiro atoms. The van der Waals surface area contributed by atoms with Gasteiger partial charge < -0.3 is 9.53 Å². The van der Waals surface area contributed by atoms with Gasteiger partial charge in [0.15, 0.2) is 0 Å². The molecule has 0 N–H and O–H groups in total. The fraction of sp³-hybridized carbons (Fsp3) is 0.833. The Labute approximate surface area is 96.9 Å². The molecule has 2 atom stereocenters. The maximum absolute atomic E-state index is 11.9. The summed E-state index contributed by atoms with van der Waals surface area (Å²) in [5.74, 6) is 0. The fourth-order valence-corrected chi connectivity index (χ4v) is 1.99. The van der Waals surface area contributed by atoms with Gasteiger partial charge in [-0.2, -0.15) is 0 Å². The zero-order chi connectivity index (χ0) is 12.3. The Kier molecular flexibility index (Phi) is 3.94. The number of ether oxygens (including phenoxy) is 1. The third-order valence-electron chi connectivity index (χ3n) is 2.72. The van der Waals surface area contributed by atoms with E-state index < -0.39 is 5.60 Å². The van der Waals surface area contributed by atoms with Gasteiger partial charge in [-0.05, 0) is 47.0 Å². The number of hydrogen-bond donors (Lipinski definition) is 0. The number of hydrogen-bond acceptors (Lipinski definition) is 3. The minimum atomic E-state index is -0.512. The Balaban J connectivity index is 2.73. The van der Waals surface area contributed by atoms with Crippen LogP contribution in [0.1, 0.15) is 47.0 Å². The van der Waals surface area contributed by atoms with Crippen LogP contribution in [0.5, 0.6) is 0 Å². The SMILES string of the molecule is C[C@H]1CCCC(C=O)N1C(=O)OC(C)(C)C. The maximum atomic E-state index is 11.9. The molecule has 1 heterocycles. The molecule has 0 aromatic carbocycles. The number of piperidine rings is 1. The third-order valence-corrected chi connectivity index (χ3v) is 2.72. The molecule has 1 unspecified atom stereocenters. The minimum Gasteiger partial charge on any atom is -0.444 e. The van der Waals surface area contributed by atoms with Crippen molar-refractivity contribution in [2.45, 2.75) is 64.6 Å². The van der Waals surface area contributed by atoms with E-state index in [9.17, 15) is 9.59 Å². The van der Waals surface area contributed by atoms with E-state index in [0.29, 0.717) is 0 Å². The highest BCUT2D eigenvalue weighted by Crippen LogP contribution is 2.24. The number of nitrogens with zero attached hydrogens (tertiary/aromatic N) is 1. The molecule has 4 heteroatoms. The normalized spacial score (nSPS) is 26.4. The molecule has 1 amide bonds. The zero-order valence-corrected chi connectivity index (χ0v) is 10.5. The first-order chi connectivity index (χ1) is 7.35. The lowest BCUT2D eigenvalue weighted by molar-refractivity contribution is -0.114. The number of rotatable bonds is 1. The molecule has 16 heavy (non-hydrogen) atoms. The van der Waals surface area contributed by atoms with Gasteiger partial charge in [-0.15, -0.1) is 0 Å². The van der Waals surface area contributed by atoms with Gasteiger partial charge in [0.1, 0.15) is 11.9 Å². The van der Waals surface area contributed by atoms with Crippen molar-refractivity contribution in [3.63, 3.8) is 0 Å². The molecule has 0 bridgehead atoms. The molecule has 1 aliphatic rings. The lowest BCUT2D eigenvalue weighted by atomic mass is 9.98. The largest absolute Gasteiger partial charge is 0.444 e. The van der Waals surface area contributed by atoms with Crippen LogP contribution >= 0.6 is 0 Å². The van der Waals surface area contributed by atoms with Crippen molar-refractivity contribution in [3.05, 3.63) is 0 Å². The summed E-state index contributed by atoms with van der Waals surface area (Å²) in [5.41, 5.74) is -0.512. The molecule has 1 aliphatic heterocycles. The molecular weight excluding hydrogens is 206 g/mol. The predicted molar refractivity (Wildman–Crippen MR) is 61.2 cm³/mol. The summed E-state index contributed by atoms with van der Waals surface area (Å²) in [5, 5.41) is 0. The van der Waals surface area contributed by atoms with Gasteiger partial charge in [0.25, 0.3) is 0 Å². The lowest BCUT2D eigenvalue weighted by Crippen LogP contribution is -2.51. The number of carbonyl (C=O) groups is 2. The van der Waals surface area contributed by atoms with Crippen molar-refractivity contribution in [1.29, 1.82) is 0 Å². The second-order valence-corrected chi connectivity index (χ2v) is 5.37. The van der Waals surface area contributed by atoms with E-state index in [1.807, 2.05) is 27.7 Å². The van der Waals surface area contributed by atoms with E-state index in [1.54, 1.807) is 4.90 Å². The summed E-state index contributed by atoms with van der Waals surface area (Å²) in [7, 11) is 0. The van der Waals surface area contributed by atoms with Crippen LogP contribution in [-0.2, 0) is 9.53 Å². The van der Waals surface area contributed by atoms with Crippen LogP contribution in [0.4, 0.5) is 4.79 Å². The summed E-state index contributed by atoms with van der Waals surface area (Å²) in [6, 6.07) is -0.239. The zero-order valence-electron chi connectivity index (χ0n) is 10.5. The number of aldehydes is 1. The van der Waals surface area contributed by atoms with Crippen LogP contribution in [0.15, 0.2) is 0 Å². The summed E-state index contributed by atoms with van der Waals surface area (Å²) < 4.78 is 5.31. The van der Waals surface area contributed by atoms with Gasteiger partial charge in [-0.3, -0.25) is 4.90 Å². The topological polar surface area (TPSA) is 46.6 Å². The molecule has 1 fully saturated rings. The van der Waals surface area contributed by atoms with Crippen molar-refractivity contribution in [3.8, 4) is 0 Å². The van der Waals surface area contributed by atoms with Gasteiger partial charge in [0, 0.05) is 6.04 Å². The fourth-order valence-electron chi connectivity index (χ4n) is 1.99. The van der Waals surface area contributed by atoms with Crippen molar-refractivity contribution in [1.82, 2.24) is 4.90 Å². The first-order valence-corrected chi connectivity index (χ1v) is 5.82. The second kappa shape index (κ2) is 4.85. The number of amides is 1. The molecule has 0 saturated carbocycles. The van der Waals surface area contributed by atoms with Gasteiger partial charge >= 0.3 is 6.09 Å². The molecule has 1 saturated heterocycles. The summed E-state index contributed by atoms with van der Waals surface area (Å²) in [6.07, 6.45) is 3.14. The standard InChI is InChI=1S/C12H21NO3/c1-9-6-5-7-10(8-14)13(9)11(15)16-12(2,3)4/h8-10H,5-7H2,1-4H3/t9-,10?/m0/s1. The third kappa shape index (κ3) is 3.22. The highest BCUT2D eigenvalue weighted by atomic mass is 16.6. The monoisotopic (exact) mass is 227 g/mol. The van der Waals surface area contributed by atoms with E-state index in [0.717, 1.165) is 25.5 Å². The molecule has 0 radical (unpaired) electrons. The van der Waals surface area contributed by atoms with Crippen molar-refractivity contribution in [2.24, 2.45) is 0 Å². The van der Waals surface area contributed by atoms with Crippen molar-refractivity contribution >= 4 is 12.4 Å². The molecule has 0 aromatic heterocycles. The first-order valence-electron chi connectivity index (χ1n) is 5.82. The van der Waals surface area contributed by atoms with Crippen LogP contribution < -0.4 is 0 Å². The molecular formula is C12H21NO3. The maximum Gasteiger partial charge on any atom is 0.411 e. The highest BCUT2D eigenvalue weighted by Gasteiger charge is 2.34. The predicted octanol–water partition coefficient (Wildman–Crippen LogP) is 2.36. The van der Waals surface area contributed by atoms with Crippen LogP contribution in [0.3, 0.4) is 0 Å². The van der Waals surface area contributed by atoms with Crippen LogP contribution in [0.2, 0.25) is 0 Å². The first kappa shape index (κ1) is 13.0. The van der Waals surface area contributed by atoms with E-state index in [-0.39, 0.29) is 18.2 Å². The van der Waals surface area contributed by atoms with Gasteiger partial charge in [0.05, 0.1) is 6.04 Å². The van der Waals surface area contributed by atoms with Gasteiger partial charge in [0.2, 0.25) is 0 Å². The Morgan fingerprint density at radius 1 is 1.38 bits per heavy atom. The van der Waals surface area contributed by atoms with Crippen LogP contribution in [0, 0.1) is 0 Å². The molecule has 4 nitrogen and oxygen atoms in total. The quantitative estimate of drug-likeness (QED) is 0.646. The summed E-state index contributed by atoms with van der Waals surface area (Å²) in [4.78, 5) is 24.4. The number of likely N-dealkylation sites (tertiary alicyclic amines) is 1. The Hall–Kier alpha value is -1.06. The number of carbonyl (C=O) groups excluding carboxylic acids is 2. The highest BCUT2D eigenvalue weighted by molar-refractivity contribution is 5.74. The van der Waals surface area contributed by atoms with Crippen LogP contribution in [-0.4, -0.2) is 35.0 Å². The van der Waals surface area contributed by atoms with Crippen LogP contribution in [0.25, 0.3) is 0 Å². The lowest BCUT2D eigenvalue weighted by Gasteiger charge is -2.38. The van der Waals surface area contributed by atoms with E-state index in [1.165, 1.54) is 0 Å². The van der Waals surface area contributed by atoms with E-state index in [2.05, 4.69) is 0 Å². The summed E-state index contributed by atoms with van der Waals surface area (Å²) >= 11 is 0. The minimum absolute atomic E-state index is 0.0822. The van der Waals surface area contributed by atoms with E-state index in [4.69, 9.17) is 4.74 Å². The average molecular weight is 227 g/mol. The summed E-state index contributed by atoms with van der Waals surface area (Å²) in [6.45, 7) is 7.44.